The minimum absolute atomic E-state index is 0.00907. The van der Waals surface area contributed by atoms with E-state index in [1.165, 1.54) is 0 Å². The lowest BCUT2D eigenvalue weighted by molar-refractivity contribution is 0.0984. The summed E-state index contributed by atoms with van der Waals surface area (Å²) in [5, 5.41) is 0. The quantitative estimate of drug-likeness (QED) is 0.757. The predicted octanol–water partition coefficient (Wildman–Crippen LogP) is 3.55. The van der Waals surface area contributed by atoms with Gasteiger partial charge in [-0.05, 0) is 48.7 Å². The smallest absolute Gasteiger partial charge is 0.305 e. The number of alkyl halides is 2. The van der Waals surface area contributed by atoms with Gasteiger partial charge in [0.05, 0.1) is 10.6 Å². The maximum atomic E-state index is 14.2. The lowest BCUT2D eigenvalue weighted by Gasteiger charge is -2.30. The lowest BCUT2D eigenvalue weighted by Crippen LogP contribution is -2.36. The summed E-state index contributed by atoms with van der Waals surface area (Å²) < 4.78 is 75.5. The molecular weight excluding hydrogens is 374 g/mol. The molecule has 3 rings (SSSR count). The third kappa shape index (κ3) is 3.18. The van der Waals surface area contributed by atoms with E-state index in [1.807, 2.05) is 0 Å². The van der Waals surface area contributed by atoms with Crippen LogP contribution in [0.25, 0.3) is 0 Å². The normalized spacial score (nSPS) is 14.4. The van der Waals surface area contributed by atoms with Gasteiger partial charge in [-0.2, -0.15) is 8.78 Å². The summed E-state index contributed by atoms with van der Waals surface area (Å²) in [6, 6.07) is 5.83. The number of amides is 1. The zero-order valence-corrected chi connectivity index (χ0v) is 14.1. The molecule has 0 aliphatic carbocycles. The summed E-state index contributed by atoms with van der Waals surface area (Å²) in [7, 11) is -4.76. The Bertz CT molecular complexity index is 959. The Balaban J connectivity index is 1.95. The molecule has 1 amide bonds. The summed E-state index contributed by atoms with van der Waals surface area (Å²) in [5.41, 5.74) is 0.348. The van der Waals surface area contributed by atoms with Gasteiger partial charge in [0, 0.05) is 18.2 Å². The minimum Gasteiger partial charge on any atom is -0.305 e. The molecule has 1 heterocycles. The van der Waals surface area contributed by atoms with Crippen LogP contribution in [0.3, 0.4) is 0 Å². The third-order valence-electron chi connectivity index (χ3n) is 4.11. The molecule has 0 fully saturated rings. The molecule has 0 saturated heterocycles. The van der Waals surface area contributed by atoms with Crippen LogP contribution in [0.4, 0.5) is 23.2 Å². The average Bonchev–Trinajstić information content (AvgIpc) is 2.60. The van der Waals surface area contributed by atoms with Gasteiger partial charge in [-0.3, -0.25) is 4.79 Å². The Labute approximate surface area is 147 Å². The van der Waals surface area contributed by atoms with Crippen LogP contribution in [-0.2, 0) is 16.3 Å². The predicted molar refractivity (Wildman–Crippen MR) is 86.0 cm³/mol. The number of aryl methyl sites for hydroxylation is 1. The molecule has 0 N–H and O–H groups in total. The molecule has 26 heavy (non-hydrogen) atoms. The van der Waals surface area contributed by atoms with E-state index in [2.05, 4.69) is 0 Å². The molecule has 2 aromatic carbocycles. The molecule has 0 aromatic heterocycles. The van der Waals surface area contributed by atoms with Crippen LogP contribution in [0.1, 0.15) is 22.3 Å². The molecule has 0 atom stereocenters. The number of nitrogens with zero attached hydrogens (tertiary/aromatic N) is 1. The van der Waals surface area contributed by atoms with Crippen LogP contribution in [0.2, 0.25) is 0 Å². The first kappa shape index (κ1) is 18.4. The monoisotopic (exact) mass is 387 g/mol. The number of hydrogen-bond acceptors (Lipinski definition) is 3. The number of fused-ring (bicyclic) bond motifs is 1. The molecule has 0 saturated carbocycles. The standard InChI is InChI=1S/C17H13F4NO3S/c18-12-8-11-2-1-7-22(15(11)14(19)9-12)16(23)10-3-5-13(6-4-10)26(24,25)17(20)21/h3-6,8-9,17H,1-2,7H2. The van der Waals surface area contributed by atoms with Gasteiger partial charge in [0.15, 0.2) is 0 Å². The Morgan fingerprint density at radius 1 is 1.08 bits per heavy atom. The van der Waals surface area contributed by atoms with Gasteiger partial charge in [0.1, 0.15) is 11.6 Å². The molecule has 0 bridgehead atoms. The van der Waals surface area contributed by atoms with Gasteiger partial charge in [0.2, 0.25) is 9.84 Å². The number of sulfone groups is 1. The van der Waals surface area contributed by atoms with Crippen molar-refractivity contribution in [2.75, 3.05) is 11.4 Å². The molecule has 2 aromatic rings. The second kappa shape index (κ2) is 6.71. The first-order chi connectivity index (χ1) is 12.2. The fourth-order valence-corrected chi connectivity index (χ4v) is 3.62. The van der Waals surface area contributed by atoms with Gasteiger partial charge in [-0.15, -0.1) is 0 Å². The highest BCUT2D eigenvalue weighted by Gasteiger charge is 2.29. The minimum atomic E-state index is -4.76. The van der Waals surface area contributed by atoms with Crippen molar-refractivity contribution in [3.8, 4) is 0 Å². The number of carbonyl (C=O) groups excluding carboxylic acids is 1. The van der Waals surface area contributed by atoms with Crippen molar-refractivity contribution in [3.05, 3.63) is 59.2 Å². The van der Waals surface area contributed by atoms with Gasteiger partial charge >= 0.3 is 5.76 Å². The maximum Gasteiger partial charge on any atom is 0.341 e. The Kier molecular flexibility index (Phi) is 4.74. The number of anilines is 1. The summed E-state index contributed by atoms with van der Waals surface area (Å²) in [4.78, 5) is 13.2. The van der Waals surface area contributed by atoms with Crippen LogP contribution in [0, 0.1) is 11.6 Å². The van der Waals surface area contributed by atoms with Gasteiger partial charge in [-0.25, -0.2) is 17.2 Å². The van der Waals surface area contributed by atoms with Crippen LogP contribution < -0.4 is 4.90 Å². The topological polar surface area (TPSA) is 54.5 Å². The van der Waals surface area contributed by atoms with E-state index in [4.69, 9.17) is 0 Å². The summed E-state index contributed by atoms with van der Waals surface area (Å²) in [6.07, 6.45) is 0.916. The molecule has 0 unspecified atom stereocenters. The number of halogens is 4. The molecular formula is C17H13F4NO3S. The second-order valence-corrected chi connectivity index (χ2v) is 7.70. The van der Waals surface area contributed by atoms with Crippen LogP contribution in [0.5, 0.6) is 0 Å². The van der Waals surface area contributed by atoms with E-state index in [0.717, 1.165) is 35.2 Å². The largest absolute Gasteiger partial charge is 0.341 e. The highest BCUT2D eigenvalue weighted by molar-refractivity contribution is 7.91. The van der Waals surface area contributed by atoms with Gasteiger partial charge in [-0.1, -0.05) is 0 Å². The van der Waals surface area contributed by atoms with Crippen LogP contribution in [0.15, 0.2) is 41.3 Å². The van der Waals surface area contributed by atoms with Gasteiger partial charge in [0.25, 0.3) is 5.91 Å². The Morgan fingerprint density at radius 3 is 2.35 bits per heavy atom. The van der Waals surface area contributed by atoms with Crippen molar-refractivity contribution in [2.24, 2.45) is 0 Å². The van der Waals surface area contributed by atoms with E-state index < -0.39 is 38.0 Å². The number of hydrogen-bond donors (Lipinski definition) is 0. The van der Waals surface area contributed by atoms with Crippen LogP contribution >= 0.6 is 0 Å². The van der Waals surface area contributed by atoms with E-state index in [1.54, 1.807) is 0 Å². The SMILES string of the molecule is O=C(c1ccc(S(=O)(=O)C(F)F)cc1)N1CCCc2cc(F)cc(F)c21. The Hall–Kier alpha value is -2.42. The molecule has 0 radical (unpaired) electrons. The molecule has 1 aliphatic heterocycles. The lowest BCUT2D eigenvalue weighted by atomic mass is 10.00. The number of rotatable bonds is 3. The van der Waals surface area contributed by atoms with E-state index in [9.17, 15) is 30.8 Å². The number of benzene rings is 2. The molecule has 138 valence electrons. The zero-order chi connectivity index (χ0) is 19.1. The first-order valence-corrected chi connectivity index (χ1v) is 9.18. The molecule has 9 heteroatoms. The van der Waals surface area contributed by atoms with E-state index >= 15 is 0 Å². The van der Waals surface area contributed by atoms with E-state index in [-0.39, 0.29) is 17.8 Å². The van der Waals surface area contributed by atoms with Crippen LogP contribution in [-0.4, -0.2) is 26.6 Å². The van der Waals surface area contributed by atoms with Crippen molar-refractivity contribution in [2.45, 2.75) is 23.5 Å². The van der Waals surface area contributed by atoms with Crippen molar-refractivity contribution < 1.29 is 30.8 Å². The van der Waals surface area contributed by atoms with Crippen molar-refractivity contribution in [1.29, 1.82) is 0 Å². The summed E-state index contributed by atoms with van der Waals surface area (Å²) in [5.74, 6) is -5.80. The van der Waals surface area contributed by atoms with Crippen molar-refractivity contribution in [1.82, 2.24) is 0 Å². The summed E-state index contributed by atoms with van der Waals surface area (Å²) >= 11 is 0. The highest BCUT2D eigenvalue weighted by atomic mass is 32.2. The Morgan fingerprint density at radius 2 is 1.73 bits per heavy atom. The van der Waals surface area contributed by atoms with E-state index in [0.29, 0.717) is 24.5 Å². The molecule has 4 nitrogen and oxygen atoms in total. The fourth-order valence-electron chi connectivity index (χ4n) is 2.90. The average molecular weight is 387 g/mol. The van der Waals surface area contributed by atoms with Crippen molar-refractivity contribution >= 4 is 21.4 Å². The number of carbonyl (C=O) groups is 1. The first-order valence-electron chi connectivity index (χ1n) is 7.63. The van der Waals surface area contributed by atoms with Crippen molar-refractivity contribution in [3.63, 3.8) is 0 Å². The summed E-state index contributed by atoms with van der Waals surface area (Å²) in [6.45, 7) is 0.200. The maximum absolute atomic E-state index is 14.2. The zero-order valence-electron chi connectivity index (χ0n) is 13.3. The van der Waals surface area contributed by atoms with Gasteiger partial charge < -0.3 is 4.90 Å². The molecule has 1 aliphatic rings. The third-order valence-corrected chi connectivity index (χ3v) is 5.51. The second-order valence-electron chi connectivity index (χ2n) is 5.79. The molecule has 0 spiro atoms. The fraction of sp³-hybridized carbons (Fsp3) is 0.235. The highest BCUT2D eigenvalue weighted by Crippen LogP contribution is 2.32.